The zero-order chi connectivity index (χ0) is 22.2. The van der Waals surface area contributed by atoms with Crippen molar-refractivity contribution in [2.24, 2.45) is 23.5 Å². The molecule has 31 heavy (non-hydrogen) atoms. The van der Waals surface area contributed by atoms with Crippen LogP contribution >= 0.6 is 0 Å². The lowest BCUT2D eigenvalue weighted by Crippen LogP contribution is -2.55. The average Bonchev–Trinajstić information content (AvgIpc) is 3.27. The maximum Gasteiger partial charge on any atom is 0.248 e. The lowest BCUT2D eigenvalue weighted by Gasteiger charge is -2.46. The van der Waals surface area contributed by atoms with Gasteiger partial charge in [-0.3, -0.25) is 9.59 Å². The Bertz CT molecular complexity index is 946. The van der Waals surface area contributed by atoms with Crippen molar-refractivity contribution >= 4 is 21.8 Å². The van der Waals surface area contributed by atoms with Crippen LogP contribution in [0.5, 0.6) is 0 Å². The van der Waals surface area contributed by atoms with E-state index in [2.05, 4.69) is 12.2 Å². The van der Waals surface area contributed by atoms with Crippen molar-refractivity contribution in [2.45, 2.75) is 75.3 Å². The van der Waals surface area contributed by atoms with Gasteiger partial charge in [0.2, 0.25) is 21.8 Å². The van der Waals surface area contributed by atoms with Crippen LogP contribution in [0.4, 0.5) is 0 Å². The van der Waals surface area contributed by atoms with Crippen molar-refractivity contribution in [3.8, 4) is 0 Å². The van der Waals surface area contributed by atoms with Gasteiger partial charge in [0.15, 0.2) is 0 Å². The van der Waals surface area contributed by atoms with Gasteiger partial charge in [-0.05, 0) is 68.1 Å². The SMILES string of the molecule is CCC1CC2CCCC(C2)C1NC(=O)[C@H]1CCCN1S(=O)(=O)c1cccc(C(N)=O)c1. The van der Waals surface area contributed by atoms with Gasteiger partial charge in [0, 0.05) is 18.2 Å². The minimum Gasteiger partial charge on any atom is -0.366 e. The van der Waals surface area contributed by atoms with Gasteiger partial charge < -0.3 is 11.1 Å². The van der Waals surface area contributed by atoms with Crippen molar-refractivity contribution in [1.29, 1.82) is 0 Å². The second-order valence-electron chi connectivity index (χ2n) is 9.40. The van der Waals surface area contributed by atoms with E-state index >= 15 is 0 Å². The zero-order valence-electron chi connectivity index (χ0n) is 18.1. The molecule has 1 heterocycles. The largest absolute Gasteiger partial charge is 0.366 e. The molecule has 2 amide bonds. The van der Waals surface area contributed by atoms with Gasteiger partial charge in [0.25, 0.3) is 0 Å². The lowest BCUT2D eigenvalue weighted by molar-refractivity contribution is -0.126. The number of fused-ring (bicyclic) bond motifs is 2. The van der Waals surface area contributed by atoms with Crippen LogP contribution in [0.2, 0.25) is 0 Å². The van der Waals surface area contributed by atoms with Crippen LogP contribution in [0, 0.1) is 17.8 Å². The third-order valence-electron chi connectivity index (χ3n) is 7.54. The molecule has 1 aliphatic heterocycles. The molecule has 1 aromatic carbocycles. The maximum atomic E-state index is 13.3. The van der Waals surface area contributed by atoms with E-state index in [1.165, 1.54) is 47.8 Å². The Morgan fingerprint density at radius 3 is 2.71 bits per heavy atom. The Kier molecular flexibility index (Phi) is 6.40. The van der Waals surface area contributed by atoms with E-state index < -0.39 is 22.0 Å². The fourth-order valence-electron chi connectivity index (χ4n) is 5.98. The third kappa shape index (κ3) is 4.37. The van der Waals surface area contributed by atoms with Crippen LogP contribution in [0.15, 0.2) is 29.2 Å². The predicted molar refractivity (Wildman–Crippen MR) is 118 cm³/mol. The van der Waals surface area contributed by atoms with Crippen LogP contribution in [-0.2, 0) is 14.8 Å². The zero-order valence-corrected chi connectivity index (χ0v) is 18.9. The number of hydrogen-bond donors (Lipinski definition) is 2. The van der Waals surface area contributed by atoms with Crippen LogP contribution < -0.4 is 11.1 Å². The van der Waals surface area contributed by atoms with Gasteiger partial charge in [0.05, 0.1) is 4.90 Å². The molecule has 0 aromatic heterocycles. The summed E-state index contributed by atoms with van der Waals surface area (Å²) in [5.41, 5.74) is 5.45. The first-order chi connectivity index (χ1) is 14.8. The van der Waals surface area contributed by atoms with Gasteiger partial charge in [0.1, 0.15) is 6.04 Å². The summed E-state index contributed by atoms with van der Waals surface area (Å²) in [6.45, 7) is 2.48. The Hall–Kier alpha value is -1.93. The molecule has 5 atom stereocenters. The number of carbonyl (C=O) groups excluding carboxylic acids is 2. The summed E-state index contributed by atoms with van der Waals surface area (Å²) in [6.07, 6.45) is 8.18. The lowest BCUT2D eigenvalue weighted by atomic mass is 9.64. The molecule has 4 rings (SSSR count). The quantitative estimate of drug-likeness (QED) is 0.698. The monoisotopic (exact) mass is 447 g/mol. The standard InChI is InChI=1S/C23H33N3O4S/c1-2-16-12-15-6-3-7-17(13-15)21(16)25-23(28)20-10-5-11-26(20)31(29,30)19-9-4-8-18(14-19)22(24)27/h4,8-9,14-17,20-21H,2-3,5-7,10-13H2,1H3,(H2,24,27)(H,25,28)/t15?,16?,17?,20-,21?/m1/s1. The minimum atomic E-state index is -3.90. The van der Waals surface area contributed by atoms with Gasteiger partial charge >= 0.3 is 0 Å². The number of nitrogens with zero attached hydrogens (tertiary/aromatic N) is 1. The molecule has 3 N–H and O–H groups in total. The summed E-state index contributed by atoms with van der Waals surface area (Å²) in [7, 11) is -3.90. The van der Waals surface area contributed by atoms with Crippen molar-refractivity contribution < 1.29 is 18.0 Å². The molecule has 2 bridgehead atoms. The molecule has 1 aromatic rings. The highest BCUT2D eigenvalue weighted by molar-refractivity contribution is 7.89. The minimum absolute atomic E-state index is 0.00252. The molecule has 2 saturated carbocycles. The summed E-state index contributed by atoms with van der Waals surface area (Å²) in [5, 5.41) is 3.28. The topological polar surface area (TPSA) is 110 Å². The van der Waals surface area contributed by atoms with E-state index in [0.717, 1.165) is 25.2 Å². The van der Waals surface area contributed by atoms with E-state index in [-0.39, 0.29) is 22.4 Å². The highest BCUT2D eigenvalue weighted by atomic mass is 32.2. The Morgan fingerprint density at radius 2 is 1.97 bits per heavy atom. The molecule has 3 aliphatic rings. The number of carbonyl (C=O) groups is 2. The van der Waals surface area contributed by atoms with E-state index in [4.69, 9.17) is 5.73 Å². The van der Waals surface area contributed by atoms with E-state index in [1.54, 1.807) is 0 Å². The van der Waals surface area contributed by atoms with Crippen LogP contribution in [0.25, 0.3) is 0 Å². The molecule has 170 valence electrons. The highest BCUT2D eigenvalue weighted by Crippen LogP contribution is 2.44. The molecular weight excluding hydrogens is 414 g/mol. The fraction of sp³-hybridized carbons (Fsp3) is 0.652. The van der Waals surface area contributed by atoms with Crippen LogP contribution in [0.1, 0.15) is 68.6 Å². The van der Waals surface area contributed by atoms with Gasteiger partial charge in [-0.2, -0.15) is 4.31 Å². The number of nitrogens with one attached hydrogen (secondary N) is 1. The van der Waals surface area contributed by atoms with Crippen molar-refractivity contribution in [3.05, 3.63) is 29.8 Å². The molecule has 2 aliphatic carbocycles. The van der Waals surface area contributed by atoms with E-state index in [9.17, 15) is 18.0 Å². The van der Waals surface area contributed by atoms with Crippen molar-refractivity contribution in [3.63, 3.8) is 0 Å². The molecule has 7 nitrogen and oxygen atoms in total. The summed E-state index contributed by atoms with van der Waals surface area (Å²) >= 11 is 0. The van der Waals surface area contributed by atoms with Crippen molar-refractivity contribution in [1.82, 2.24) is 9.62 Å². The van der Waals surface area contributed by atoms with Gasteiger partial charge in [-0.1, -0.05) is 32.3 Å². The smallest absolute Gasteiger partial charge is 0.248 e. The normalized spacial score (nSPS) is 31.3. The average molecular weight is 448 g/mol. The third-order valence-corrected chi connectivity index (χ3v) is 9.44. The number of hydrogen-bond acceptors (Lipinski definition) is 4. The second-order valence-corrected chi connectivity index (χ2v) is 11.3. The number of sulfonamides is 1. The number of benzene rings is 1. The molecule has 4 unspecified atom stereocenters. The van der Waals surface area contributed by atoms with E-state index in [0.29, 0.717) is 31.2 Å². The van der Waals surface area contributed by atoms with Crippen LogP contribution in [0.3, 0.4) is 0 Å². The molecule has 8 heteroatoms. The first-order valence-corrected chi connectivity index (χ1v) is 13.0. The number of rotatable bonds is 6. The van der Waals surface area contributed by atoms with Gasteiger partial charge in [-0.25, -0.2) is 8.42 Å². The van der Waals surface area contributed by atoms with Crippen molar-refractivity contribution in [2.75, 3.05) is 6.54 Å². The molecule has 0 spiro atoms. The fourth-order valence-corrected chi connectivity index (χ4v) is 7.69. The summed E-state index contributed by atoms with van der Waals surface area (Å²) in [5.74, 6) is 0.880. The second kappa shape index (κ2) is 8.90. The first-order valence-electron chi connectivity index (χ1n) is 11.5. The number of amides is 2. The van der Waals surface area contributed by atoms with Gasteiger partial charge in [-0.15, -0.1) is 0 Å². The first kappa shape index (κ1) is 22.3. The predicted octanol–water partition coefficient (Wildman–Crippen LogP) is 2.66. The Morgan fingerprint density at radius 1 is 1.16 bits per heavy atom. The maximum absolute atomic E-state index is 13.3. The molecule has 1 saturated heterocycles. The molecule has 0 radical (unpaired) electrons. The molecular formula is C23H33N3O4S. The highest BCUT2D eigenvalue weighted by Gasteiger charge is 2.44. The van der Waals surface area contributed by atoms with Crippen LogP contribution in [-0.4, -0.2) is 43.2 Å². The summed E-state index contributed by atoms with van der Waals surface area (Å²) in [4.78, 5) is 24.8. The Balaban J connectivity index is 1.53. The molecule has 3 fully saturated rings. The van der Waals surface area contributed by atoms with E-state index in [1.807, 2.05) is 0 Å². The summed E-state index contributed by atoms with van der Waals surface area (Å²) < 4.78 is 27.9. The number of nitrogens with two attached hydrogens (primary N) is 1. The Labute approximate surface area is 184 Å². The number of primary amides is 1. The summed E-state index contributed by atoms with van der Waals surface area (Å²) in [6, 6.07) is 5.16.